The molecule has 0 radical (unpaired) electrons. The molecule has 1 saturated heterocycles. The molecule has 1 aliphatic rings. The van der Waals surface area contributed by atoms with E-state index in [9.17, 15) is 13.2 Å². The minimum atomic E-state index is -0.966. The van der Waals surface area contributed by atoms with E-state index in [4.69, 9.17) is 9.47 Å². The summed E-state index contributed by atoms with van der Waals surface area (Å²) in [6, 6.07) is 7.33. The first kappa shape index (κ1) is 24.6. The summed E-state index contributed by atoms with van der Waals surface area (Å²) in [5.41, 5.74) is 0.567. The number of hydrogen-bond acceptors (Lipinski definition) is 2. The molecule has 2 atom stereocenters. The van der Waals surface area contributed by atoms with Crippen molar-refractivity contribution in [2.75, 3.05) is 13.2 Å². The van der Waals surface area contributed by atoms with Gasteiger partial charge in [0.25, 0.3) is 0 Å². The van der Waals surface area contributed by atoms with Gasteiger partial charge in [0.05, 0.1) is 19.3 Å². The molecule has 0 aromatic heterocycles. The van der Waals surface area contributed by atoms with E-state index in [1.54, 1.807) is 12.1 Å². The topological polar surface area (TPSA) is 18.5 Å². The number of benzene rings is 2. The number of ether oxygens (including phenoxy) is 2. The molecule has 0 bridgehead atoms. The van der Waals surface area contributed by atoms with E-state index in [1.807, 2.05) is 0 Å². The molecule has 2 aromatic rings. The Morgan fingerprint density at radius 3 is 2.38 bits per heavy atom. The van der Waals surface area contributed by atoms with Crippen molar-refractivity contribution < 1.29 is 22.6 Å². The first-order valence-corrected chi connectivity index (χ1v) is 12.1. The largest absolute Gasteiger partial charge is 0.491 e. The summed E-state index contributed by atoms with van der Waals surface area (Å²) in [5.74, 6) is -1.82. The van der Waals surface area contributed by atoms with Crippen LogP contribution in [0.4, 0.5) is 13.2 Å². The standard InChI is InChI=1S/C27H35F3O2/c1-3-5-7-9-19-10-14-24(32-18-19)22-13-12-21(26(29)27(22)30)20-11-15-25(23(28)17-20)31-16-8-6-4-2/h11-13,15,17,19,24H,3-10,14,16,18H2,1-2H3. The molecule has 32 heavy (non-hydrogen) atoms. The molecule has 1 fully saturated rings. The molecule has 0 saturated carbocycles. The van der Waals surface area contributed by atoms with Crippen molar-refractivity contribution in [3.8, 4) is 16.9 Å². The highest BCUT2D eigenvalue weighted by Crippen LogP contribution is 2.37. The Kier molecular flexibility index (Phi) is 9.46. The quantitative estimate of drug-likeness (QED) is 0.321. The monoisotopic (exact) mass is 448 g/mol. The van der Waals surface area contributed by atoms with Gasteiger partial charge in [0.2, 0.25) is 0 Å². The molecule has 1 aliphatic heterocycles. The van der Waals surface area contributed by atoms with Crippen LogP contribution < -0.4 is 4.74 Å². The van der Waals surface area contributed by atoms with Gasteiger partial charge in [-0.15, -0.1) is 0 Å². The van der Waals surface area contributed by atoms with Crippen LogP contribution in [0.5, 0.6) is 5.75 Å². The van der Waals surface area contributed by atoms with Gasteiger partial charge in [0.15, 0.2) is 23.2 Å². The normalized spacial score (nSPS) is 18.7. The van der Waals surface area contributed by atoms with Crippen molar-refractivity contribution >= 4 is 0 Å². The van der Waals surface area contributed by atoms with Crippen LogP contribution in [0.1, 0.15) is 83.3 Å². The van der Waals surface area contributed by atoms with Crippen molar-refractivity contribution in [1.29, 1.82) is 0 Å². The lowest BCUT2D eigenvalue weighted by Crippen LogP contribution is -2.21. The maximum absolute atomic E-state index is 14.9. The minimum Gasteiger partial charge on any atom is -0.491 e. The summed E-state index contributed by atoms with van der Waals surface area (Å²) in [5, 5.41) is 0. The molecular formula is C27H35F3O2. The second kappa shape index (κ2) is 12.3. The van der Waals surface area contributed by atoms with Crippen molar-refractivity contribution in [2.45, 2.75) is 77.7 Å². The van der Waals surface area contributed by atoms with Gasteiger partial charge in [-0.2, -0.15) is 0 Å². The van der Waals surface area contributed by atoms with Crippen LogP contribution in [0.15, 0.2) is 30.3 Å². The van der Waals surface area contributed by atoms with Gasteiger partial charge in [0.1, 0.15) is 0 Å². The Hall–Kier alpha value is -2.01. The Morgan fingerprint density at radius 1 is 0.906 bits per heavy atom. The van der Waals surface area contributed by atoms with Crippen LogP contribution in [-0.4, -0.2) is 13.2 Å². The average Bonchev–Trinajstić information content (AvgIpc) is 2.80. The molecule has 3 rings (SSSR count). The van der Waals surface area contributed by atoms with E-state index < -0.39 is 23.6 Å². The molecule has 0 spiro atoms. The first-order chi connectivity index (χ1) is 15.5. The fraction of sp³-hybridized carbons (Fsp3) is 0.556. The zero-order valence-electron chi connectivity index (χ0n) is 19.3. The lowest BCUT2D eigenvalue weighted by atomic mass is 9.90. The first-order valence-electron chi connectivity index (χ1n) is 12.1. The van der Waals surface area contributed by atoms with Gasteiger partial charge in [0, 0.05) is 11.1 Å². The summed E-state index contributed by atoms with van der Waals surface area (Å²) < 4.78 is 55.6. The van der Waals surface area contributed by atoms with Crippen molar-refractivity contribution in [3.05, 3.63) is 53.3 Å². The number of halogens is 3. The predicted molar refractivity (Wildman–Crippen MR) is 122 cm³/mol. The van der Waals surface area contributed by atoms with Gasteiger partial charge in [-0.25, -0.2) is 13.2 Å². The van der Waals surface area contributed by atoms with Crippen LogP contribution in [0.25, 0.3) is 11.1 Å². The molecule has 0 aliphatic carbocycles. The second-order valence-electron chi connectivity index (χ2n) is 8.79. The van der Waals surface area contributed by atoms with E-state index in [0.29, 0.717) is 25.6 Å². The molecule has 176 valence electrons. The highest BCUT2D eigenvalue weighted by molar-refractivity contribution is 5.66. The molecule has 2 nitrogen and oxygen atoms in total. The molecular weight excluding hydrogens is 413 g/mol. The van der Waals surface area contributed by atoms with Crippen molar-refractivity contribution in [2.24, 2.45) is 5.92 Å². The van der Waals surface area contributed by atoms with Crippen LogP contribution in [0.3, 0.4) is 0 Å². The van der Waals surface area contributed by atoms with E-state index in [2.05, 4.69) is 13.8 Å². The highest BCUT2D eigenvalue weighted by atomic mass is 19.2. The predicted octanol–water partition coefficient (Wildman–Crippen LogP) is 8.39. The fourth-order valence-electron chi connectivity index (χ4n) is 4.32. The Morgan fingerprint density at radius 2 is 1.69 bits per heavy atom. The zero-order valence-corrected chi connectivity index (χ0v) is 19.3. The maximum atomic E-state index is 14.9. The Labute approximate surface area is 190 Å². The minimum absolute atomic E-state index is 0.0379. The van der Waals surface area contributed by atoms with Crippen LogP contribution in [-0.2, 0) is 4.74 Å². The van der Waals surface area contributed by atoms with Gasteiger partial charge >= 0.3 is 0 Å². The van der Waals surface area contributed by atoms with Crippen LogP contribution in [0.2, 0.25) is 0 Å². The van der Waals surface area contributed by atoms with Gasteiger partial charge in [-0.05, 0) is 49.3 Å². The summed E-state index contributed by atoms with van der Waals surface area (Å²) >= 11 is 0. The summed E-state index contributed by atoms with van der Waals surface area (Å²) in [4.78, 5) is 0. The van der Waals surface area contributed by atoms with E-state index >= 15 is 0 Å². The molecule has 1 heterocycles. The lowest BCUT2D eigenvalue weighted by Gasteiger charge is -2.29. The summed E-state index contributed by atoms with van der Waals surface area (Å²) in [7, 11) is 0. The second-order valence-corrected chi connectivity index (χ2v) is 8.79. The number of unbranched alkanes of at least 4 members (excludes halogenated alkanes) is 4. The smallest absolute Gasteiger partial charge is 0.167 e. The van der Waals surface area contributed by atoms with Gasteiger partial charge in [-0.1, -0.05) is 64.2 Å². The SMILES string of the molecule is CCCCCOc1ccc(-c2ccc(C3CCC(CCCCC)CO3)c(F)c2F)cc1F. The van der Waals surface area contributed by atoms with Gasteiger partial charge < -0.3 is 9.47 Å². The molecule has 2 unspecified atom stereocenters. The molecule has 2 aromatic carbocycles. The van der Waals surface area contributed by atoms with Crippen LogP contribution in [0, 0.1) is 23.4 Å². The van der Waals surface area contributed by atoms with Crippen molar-refractivity contribution in [1.82, 2.24) is 0 Å². The molecule has 0 amide bonds. The van der Waals surface area contributed by atoms with E-state index in [-0.39, 0.29) is 22.4 Å². The third-order valence-electron chi connectivity index (χ3n) is 6.29. The highest BCUT2D eigenvalue weighted by Gasteiger charge is 2.27. The lowest BCUT2D eigenvalue weighted by molar-refractivity contribution is -0.0218. The molecule has 0 N–H and O–H groups in total. The fourth-order valence-corrected chi connectivity index (χ4v) is 4.32. The van der Waals surface area contributed by atoms with E-state index in [1.165, 1.54) is 37.5 Å². The Balaban J connectivity index is 1.66. The zero-order chi connectivity index (χ0) is 22.9. The average molecular weight is 449 g/mol. The Bertz CT molecular complexity index is 860. The number of hydrogen-bond donors (Lipinski definition) is 0. The van der Waals surface area contributed by atoms with Crippen molar-refractivity contribution in [3.63, 3.8) is 0 Å². The van der Waals surface area contributed by atoms with E-state index in [0.717, 1.165) is 32.1 Å². The summed E-state index contributed by atoms with van der Waals surface area (Å²) in [6.07, 6.45) is 8.84. The van der Waals surface area contributed by atoms with Gasteiger partial charge in [-0.3, -0.25) is 0 Å². The number of rotatable bonds is 11. The maximum Gasteiger partial charge on any atom is 0.167 e. The third-order valence-corrected chi connectivity index (χ3v) is 6.29. The van der Waals surface area contributed by atoms with Crippen LogP contribution >= 0.6 is 0 Å². The third kappa shape index (κ3) is 6.28. The molecule has 5 heteroatoms. The summed E-state index contributed by atoms with van der Waals surface area (Å²) in [6.45, 7) is 5.28.